The van der Waals surface area contributed by atoms with Crippen LogP contribution in [0.4, 0.5) is 11.4 Å². The number of para-hydroxylation sites is 1. The van der Waals surface area contributed by atoms with Gasteiger partial charge in [0.1, 0.15) is 0 Å². The highest BCUT2D eigenvalue weighted by Crippen LogP contribution is 2.35. The van der Waals surface area contributed by atoms with Gasteiger partial charge < -0.3 is 4.90 Å². The van der Waals surface area contributed by atoms with Gasteiger partial charge in [-0.15, -0.1) is 0 Å². The summed E-state index contributed by atoms with van der Waals surface area (Å²) in [5.41, 5.74) is 3.86. The molecule has 0 saturated heterocycles. The van der Waals surface area contributed by atoms with Crippen LogP contribution in [-0.4, -0.2) is 6.04 Å². The van der Waals surface area contributed by atoms with Crippen LogP contribution in [0.3, 0.4) is 0 Å². The van der Waals surface area contributed by atoms with Crippen molar-refractivity contribution in [3.8, 4) is 0 Å². The number of benzene rings is 3. The summed E-state index contributed by atoms with van der Waals surface area (Å²) < 4.78 is 0. The van der Waals surface area contributed by atoms with Gasteiger partial charge in [-0.25, -0.2) is 0 Å². The molecule has 0 fully saturated rings. The first-order valence-corrected chi connectivity index (χ1v) is 7.51. The van der Waals surface area contributed by atoms with Gasteiger partial charge in [-0.05, 0) is 43.9 Å². The van der Waals surface area contributed by atoms with E-state index in [1.165, 1.54) is 27.7 Å². The molecule has 0 atom stereocenters. The Morgan fingerprint density at radius 1 is 0.714 bits per heavy atom. The summed E-state index contributed by atoms with van der Waals surface area (Å²) in [6, 6.07) is 24.1. The zero-order valence-electron chi connectivity index (χ0n) is 12.9. The zero-order valence-corrected chi connectivity index (χ0v) is 12.9. The van der Waals surface area contributed by atoms with E-state index in [4.69, 9.17) is 0 Å². The molecule has 0 aliphatic carbocycles. The normalized spacial score (nSPS) is 11.0. The Balaban J connectivity index is 2.24. The molecule has 0 aliphatic heterocycles. The van der Waals surface area contributed by atoms with E-state index in [0.717, 1.165) is 0 Å². The second-order valence-electron chi connectivity index (χ2n) is 5.75. The number of hydrogen-bond donors (Lipinski definition) is 0. The van der Waals surface area contributed by atoms with Crippen molar-refractivity contribution >= 4 is 22.1 Å². The lowest BCUT2D eigenvalue weighted by atomic mass is 10.0. The topological polar surface area (TPSA) is 3.24 Å². The minimum atomic E-state index is 0.400. The summed E-state index contributed by atoms with van der Waals surface area (Å²) in [4.78, 5) is 2.43. The highest BCUT2D eigenvalue weighted by molar-refractivity contribution is 5.96. The monoisotopic (exact) mass is 275 g/mol. The quantitative estimate of drug-likeness (QED) is 0.593. The Hall–Kier alpha value is -2.28. The second kappa shape index (κ2) is 5.61. The molecule has 0 bridgehead atoms. The van der Waals surface area contributed by atoms with E-state index in [9.17, 15) is 0 Å². The molecule has 0 unspecified atom stereocenters. The first kappa shape index (κ1) is 13.7. The number of fused-ring (bicyclic) bond motifs is 1. The predicted molar refractivity (Wildman–Crippen MR) is 92.4 cm³/mol. The fourth-order valence-corrected chi connectivity index (χ4v) is 2.94. The van der Waals surface area contributed by atoms with Gasteiger partial charge in [0.15, 0.2) is 0 Å². The Labute approximate surface area is 126 Å². The van der Waals surface area contributed by atoms with E-state index in [1.54, 1.807) is 0 Å². The van der Waals surface area contributed by atoms with Crippen LogP contribution in [0.25, 0.3) is 10.8 Å². The lowest BCUT2D eigenvalue weighted by Gasteiger charge is -2.31. The van der Waals surface area contributed by atoms with Gasteiger partial charge >= 0.3 is 0 Å². The molecule has 0 amide bonds. The predicted octanol–water partition coefficient (Wildman–Crippen LogP) is 5.69. The summed E-state index contributed by atoms with van der Waals surface area (Å²) in [5.74, 6) is 0. The van der Waals surface area contributed by atoms with Crippen molar-refractivity contribution < 1.29 is 0 Å². The average molecular weight is 275 g/mol. The molecule has 21 heavy (non-hydrogen) atoms. The highest BCUT2D eigenvalue weighted by Gasteiger charge is 2.16. The van der Waals surface area contributed by atoms with Crippen molar-refractivity contribution in [3.05, 3.63) is 72.3 Å². The third-order valence-corrected chi connectivity index (χ3v) is 3.92. The Kier molecular flexibility index (Phi) is 3.66. The van der Waals surface area contributed by atoms with Crippen LogP contribution < -0.4 is 4.90 Å². The number of aryl methyl sites for hydroxylation is 1. The molecular formula is C20H21N. The van der Waals surface area contributed by atoms with E-state index in [-0.39, 0.29) is 0 Å². The molecule has 3 aromatic carbocycles. The molecule has 0 spiro atoms. The molecule has 0 saturated carbocycles. The SMILES string of the molecule is Cc1ccccc1N(c1cccc2ccccc12)C(C)C. The third kappa shape index (κ3) is 2.52. The molecule has 1 heteroatoms. The molecular weight excluding hydrogens is 254 g/mol. The molecule has 0 heterocycles. The maximum atomic E-state index is 2.43. The number of hydrogen-bond acceptors (Lipinski definition) is 1. The maximum Gasteiger partial charge on any atom is 0.0492 e. The number of rotatable bonds is 3. The fourth-order valence-electron chi connectivity index (χ4n) is 2.94. The van der Waals surface area contributed by atoms with E-state index in [2.05, 4.69) is 92.4 Å². The smallest absolute Gasteiger partial charge is 0.0492 e. The summed E-state index contributed by atoms with van der Waals surface area (Å²) in [5, 5.41) is 2.59. The van der Waals surface area contributed by atoms with Crippen molar-refractivity contribution in [3.63, 3.8) is 0 Å². The van der Waals surface area contributed by atoms with Crippen molar-refractivity contribution in [2.45, 2.75) is 26.8 Å². The van der Waals surface area contributed by atoms with Crippen molar-refractivity contribution in [2.24, 2.45) is 0 Å². The minimum Gasteiger partial charge on any atom is -0.338 e. The van der Waals surface area contributed by atoms with E-state index in [1.807, 2.05) is 0 Å². The molecule has 1 nitrogen and oxygen atoms in total. The molecule has 3 rings (SSSR count). The van der Waals surface area contributed by atoms with Gasteiger partial charge in [-0.2, -0.15) is 0 Å². The lowest BCUT2D eigenvalue weighted by molar-refractivity contribution is 0.789. The van der Waals surface area contributed by atoms with E-state index < -0.39 is 0 Å². The van der Waals surface area contributed by atoms with E-state index >= 15 is 0 Å². The van der Waals surface area contributed by atoms with Crippen LogP contribution in [0.1, 0.15) is 19.4 Å². The second-order valence-corrected chi connectivity index (χ2v) is 5.75. The summed E-state index contributed by atoms with van der Waals surface area (Å²) in [6.45, 7) is 6.66. The number of nitrogens with zero attached hydrogens (tertiary/aromatic N) is 1. The standard InChI is InChI=1S/C20H21N/c1-15(2)21(19-13-7-4-9-16(19)3)20-14-8-11-17-10-5-6-12-18(17)20/h4-15H,1-3H3. The Bertz CT molecular complexity index is 753. The Morgan fingerprint density at radius 2 is 1.33 bits per heavy atom. The molecule has 0 N–H and O–H groups in total. The van der Waals surface area contributed by atoms with Crippen LogP contribution in [0.2, 0.25) is 0 Å². The zero-order chi connectivity index (χ0) is 14.8. The molecule has 3 aromatic rings. The summed E-state index contributed by atoms with van der Waals surface area (Å²) in [6.07, 6.45) is 0. The molecule has 0 aliphatic rings. The maximum absolute atomic E-state index is 2.43. The minimum absolute atomic E-state index is 0.400. The van der Waals surface area contributed by atoms with Crippen molar-refractivity contribution in [2.75, 3.05) is 4.90 Å². The number of anilines is 2. The van der Waals surface area contributed by atoms with Crippen molar-refractivity contribution in [1.29, 1.82) is 0 Å². The van der Waals surface area contributed by atoms with Gasteiger partial charge in [0, 0.05) is 22.8 Å². The van der Waals surface area contributed by atoms with Gasteiger partial charge in [-0.1, -0.05) is 54.6 Å². The van der Waals surface area contributed by atoms with Crippen LogP contribution in [0, 0.1) is 6.92 Å². The van der Waals surface area contributed by atoms with Crippen LogP contribution >= 0.6 is 0 Å². The average Bonchev–Trinajstić information content (AvgIpc) is 2.49. The van der Waals surface area contributed by atoms with E-state index in [0.29, 0.717) is 6.04 Å². The first-order chi connectivity index (χ1) is 10.2. The molecule has 0 aromatic heterocycles. The summed E-state index contributed by atoms with van der Waals surface area (Å²) in [7, 11) is 0. The van der Waals surface area contributed by atoms with Gasteiger partial charge in [0.25, 0.3) is 0 Å². The van der Waals surface area contributed by atoms with Crippen molar-refractivity contribution in [1.82, 2.24) is 0 Å². The van der Waals surface area contributed by atoms with Crippen LogP contribution in [0.15, 0.2) is 66.7 Å². The largest absolute Gasteiger partial charge is 0.338 e. The molecule has 0 radical (unpaired) electrons. The fraction of sp³-hybridized carbons (Fsp3) is 0.200. The van der Waals surface area contributed by atoms with Gasteiger partial charge in [-0.3, -0.25) is 0 Å². The summed E-state index contributed by atoms with van der Waals surface area (Å²) >= 11 is 0. The van der Waals surface area contributed by atoms with Gasteiger partial charge in [0.2, 0.25) is 0 Å². The lowest BCUT2D eigenvalue weighted by Crippen LogP contribution is -2.26. The highest BCUT2D eigenvalue weighted by atomic mass is 15.2. The Morgan fingerprint density at radius 3 is 2.10 bits per heavy atom. The third-order valence-electron chi connectivity index (χ3n) is 3.92. The van der Waals surface area contributed by atoms with Gasteiger partial charge in [0.05, 0.1) is 0 Å². The van der Waals surface area contributed by atoms with Crippen LogP contribution in [-0.2, 0) is 0 Å². The first-order valence-electron chi connectivity index (χ1n) is 7.51. The van der Waals surface area contributed by atoms with Crippen LogP contribution in [0.5, 0.6) is 0 Å². The molecule has 106 valence electrons.